The molecule has 0 aromatic heterocycles. The van der Waals surface area contributed by atoms with E-state index in [0.29, 0.717) is 18.0 Å². The van der Waals surface area contributed by atoms with Gasteiger partial charge < -0.3 is 15.4 Å². The van der Waals surface area contributed by atoms with Crippen molar-refractivity contribution >= 4 is 41.0 Å². The third-order valence-electron chi connectivity index (χ3n) is 4.17. The summed E-state index contributed by atoms with van der Waals surface area (Å²) < 4.78 is 5.39. The third-order valence-corrected chi connectivity index (χ3v) is 5.18. The second-order valence-electron chi connectivity index (χ2n) is 6.55. The first-order valence-electron chi connectivity index (χ1n) is 9.92. The molecular formula is C25H24N2O3S. The maximum atomic E-state index is 12.2. The summed E-state index contributed by atoms with van der Waals surface area (Å²) in [5, 5.41) is 5.69. The summed E-state index contributed by atoms with van der Waals surface area (Å²) in [6, 6.07) is 24.3. The largest absolute Gasteiger partial charge is 0.494 e. The lowest BCUT2D eigenvalue weighted by atomic mass is 10.2. The Hall–Kier alpha value is -3.51. The molecule has 0 atom stereocenters. The van der Waals surface area contributed by atoms with E-state index in [1.165, 1.54) is 17.8 Å². The van der Waals surface area contributed by atoms with Crippen molar-refractivity contribution in [3.05, 3.63) is 90.5 Å². The van der Waals surface area contributed by atoms with Crippen molar-refractivity contribution in [3.8, 4) is 5.75 Å². The van der Waals surface area contributed by atoms with Crippen molar-refractivity contribution in [1.82, 2.24) is 0 Å². The van der Waals surface area contributed by atoms with E-state index in [9.17, 15) is 9.59 Å². The van der Waals surface area contributed by atoms with Crippen molar-refractivity contribution in [3.63, 3.8) is 0 Å². The van der Waals surface area contributed by atoms with Crippen molar-refractivity contribution in [2.24, 2.45) is 0 Å². The Balaban J connectivity index is 1.44. The molecule has 0 aliphatic carbocycles. The first-order valence-corrected chi connectivity index (χ1v) is 10.9. The van der Waals surface area contributed by atoms with Gasteiger partial charge in [0.15, 0.2) is 0 Å². The zero-order valence-electron chi connectivity index (χ0n) is 17.2. The van der Waals surface area contributed by atoms with Crippen molar-refractivity contribution in [2.45, 2.75) is 11.8 Å². The number of carbonyl (C=O) groups is 2. The predicted molar refractivity (Wildman–Crippen MR) is 128 cm³/mol. The van der Waals surface area contributed by atoms with Crippen LogP contribution < -0.4 is 15.4 Å². The number of nitrogens with one attached hydrogen (secondary N) is 2. The van der Waals surface area contributed by atoms with Crippen LogP contribution >= 0.6 is 11.8 Å². The minimum atomic E-state index is -0.195. The fourth-order valence-electron chi connectivity index (χ4n) is 2.70. The summed E-state index contributed by atoms with van der Waals surface area (Å²) in [6.45, 7) is 2.53. The topological polar surface area (TPSA) is 67.4 Å². The zero-order chi connectivity index (χ0) is 21.9. The van der Waals surface area contributed by atoms with E-state index in [2.05, 4.69) is 10.6 Å². The van der Waals surface area contributed by atoms with Crippen LogP contribution in [0.5, 0.6) is 5.75 Å². The molecule has 6 heteroatoms. The molecule has 158 valence electrons. The fourth-order valence-corrected chi connectivity index (χ4v) is 3.40. The van der Waals surface area contributed by atoms with Gasteiger partial charge in [0.2, 0.25) is 11.8 Å². The number of hydrogen-bond acceptors (Lipinski definition) is 4. The molecule has 0 aliphatic heterocycles. The number of carbonyl (C=O) groups excluding carboxylic acids is 2. The Morgan fingerprint density at radius 3 is 2.19 bits per heavy atom. The molecule has 0 bridgehead atoms. The molecule has 0 fully saturated rings. The van der Waals surface area contributed by atoms with E-state index in [4.69, 9.17) is 4.74 Å². The van der Waals surface area contributed by atoms with Gasteiger partial charge in [-0.05, 0) is 67.1 Å². The molecule has 0 heterocycles. The second-order valence-corrected chi connectivity index (χ2v) is 7.60. The Bertz CT molecular complexity index is 1020. The van der Waals surface area contributed by atoms with Crippen LogP contribution in [0.2, 0.25) is 0 Å². The number of benzene rings is 3. The number of hydrogen-bond donors (Lipinski definition) is 2. The van der Waals surface area contributed by atoms with Crippen LogP contribution in [0.3, 0.4) is 0 Å². The number of thioether (sulfide) groups is 1. The highest BCUT2D eigenvalue weighted by atomic mass is 32.2. The van der Waals surface area contributed by atoms with Gasteiger partial charge in [-0.25, -0.2) is 0 Å². The molecule has 0 spiro atoms. The van der Waals surface area contributed by atoms with E-state index >= 15 is 0 Å². The molecule has 3 aromatic carbocycles. The Labute approximate surface area is 186 Å². The van der Waals surface area contributed by atoms with Gasteiger partial charge in [0.25, 0.3) is 0 Å². The van der Waals surface area contributed by atoms with E-state index in [1.54, 1.807) is 6.08 Å². The van der Waals surface area contributed by atoms with Crippen LogP contribution in [-0.4, -0.2) is 24.2 Å². The predicted octanol–water partition coefficient (Wildman–Crippen LogP) is 5.47. The van der Waals surface area contributed by atoms with Crippen molar-refractivity contribution in [2.75, 3.05) is 23.0 Å². The third kappa shape index (κ3) is 7.68. The minimum Gasteiger partial charge on any atom is -0.494 e. The molecule has 0 unspecified atom stereocenters. The Morgan fingerprint density at radius 2 is 1.52 bits per heavy atom. The summed E-state index contributed by atoms with van der Waals surface area (Å²) in [5.74, 6) is 0.785. The Kier molecular flexibility index (Phi) is 8.31. The summed E-state index contributed by atoms with van der Waals surface area (Å²) >= 11 is 1.43. The number of rotatable bonds is 9. The zero-order valence-corrected chi connectivity index (χ0v) is 18.0. The number of anilines is 2. The molecule has 0 aliphatic rings. The number of amides is 2. The van der Waals surface area contributed by atoms with E-state index in [0.717, 1.165) is 21.9 Å². The molecular weight excluding hydrogens is 408 g/mol. The highest BCUT2D eigenvalue weighted by Crippen LogP contribution is 2.21. The smallest absolute Gasteiger partial charge is 0.248 e. The molecule has 0 saturated heterocycles. The van der Waals surface area contributed by atoms with Gasteiger partial charge in [-0.2, -0.15) is 0 Å². The number of ether oxygens (including phenoxy) is 1. The summed E-state index contributed by atoms with van der Waals surface area (Å²) in [5.41, 5.74) is 2.40. The lowest BCUT2D eigenvalue weighted by molar-refractivity contribution is -0.114. The van der Waals surface area contributed by atoms with Crippen molar-refractivity contribution < 1.29 is 14.3 Å². The second kappa shape index (κ2) is 11.6. The molecule has 3 aromatic rings. The van der Waals surface area contributed by atoms with Crippen LogP contribution in [0.25, 0.3) is 6.08 Å². The normalized spacial score (nSPS) is 10.6. The maximum Gasteiger partial charge on any atom is 0.248 e. The van der Waals surface area contributed by atoms with E-state index in [-0.39, 0.29) is 11.8 Å². The summed E-state index contributed by atoms with van der Waals surface area (Å²) in [4.78, 5) is 25.2. The average Bonchev–Trinajstić information content (AvgIpc) is 2.79. The van der Waals surface area contributed by atoms with Gasteiger partial charge in [0.05, 0.1) is 12.4 Å². The van der Waals surface area contributed by atoms with Crippen LogP contribution in [-0.2, 0) is 9.59 Å². The molecule has 0 radical (unpaired) electrons. The van der Waals surface area contributed by atoms with Crippen LogP contribution in [0.15, 0.2) is 89.8 Å². The van der Waals surface area contributed by atoms with Crippen molar-refractivity contribution in [1.29, 1.82) is 0 Å². The molecule has 2 amide bonds. The molecule has 5 nitrogen and oxygen atoms in total. The van der Waals surface area contributed by atoms with Gasteiger partial charge in [-0.15, -0.1) is 11.8 Å². The first-order chi connectivity index (χ1) is 15.1. The van der Waals surface area contributed by atoms with Gasteiger partial charge in [0, 0.05) is 22.3 Å². The van der Waals surface area contributed by atoms with Gasteiger partial charge >= 0.3 is 0 Å². The highest BCUT2D eigenvalue weighted by molar-refractivity contribution is 8.00. The van der Waals surface area contributed by atoms with Gasteiger partial charge in [-0.3, -0.25) is 9.59 Å². The van der Waals surface area contributed by atoms with Gasteiger partial charge in [0.1, 0.15) is 5.75 Å². The highest BCUT2D eigenvalue weighted by Gasteiger charge is 2.05. The monoisotopic (exact) mass is 432 g/mol. The standard InChI is InChI=1S/C25H24N2O3S/c1-2-30-22-13-9-20(10-14-22)27-25(29)18-31-23-15-11-21(12-16-23)26-24(28)17-8-19-6-4-3-5-7-19/h3-17H,2,18H2,1H3,(H,26,28)(H,27,29)/b17-8+. The lowest BCUT2D eigenvalue weighted by Crippen LogP contribution is -2.13. The quantitative estimate of drug-likeness (QED) is 0.348. The fraction of sp³-hybridized carbons (Fsp3) is 0.120. The SMILES string of the molecule is CCOc1ccc(NC(=O)CSc2ccc(NC(=O)/C=C/c3ccccc3)cc2)cc1. The first kappa shape index (κ1) is 22.2. The maximum absolute atomic E-state index is 12.2. The van der Waals surface area contributed by atoms with Crippen LogP contribution in [0, 0.1) is 0 Å². The molecule has 0 saturated carbocycles. The van der Waals surface area contributed by atoms with E-state index < -0.39 is 0 Å². The Morgan fingerprint density at radius 1 is 0.871 bits per heavy atom. The van der Waals surface area contributed by atoms with E-state index in [1.807, 2.05) is 85.8 Å². The molecule has 31 heavy (non-hydrogen) atoms. The molecule has 3 rings (SSSR count). The van der Waals surface area contributed by atoms with Crippen LogP contribution in [0.1, 0.15) is 12.5 Å². The minimum absolute atomic E-state index is 0.0856. The summed E-state index contributed by atoms with van der Waals surface area (Å²) in [6.07, 6.45) is 3.27. The molecule has 2 N–H and O–H groups in total. The average molecular weight is 433 g/mol. The lowest BCUT2D eigenvalue weighted by Gasteiger charge is -2.08. The summed E-state index contributed by atoms with van der Waals surface area (Å²) in [7, 11) is 0. The van der Waals surface area contributed by atoms with Crippen LogP contribution in [0.4, 0.5) is 11.4 Å². The van der Waals surface area contributed by atoms with Gasteiger partial charge in [-0.1, -0.05) is 30.3 Å².